The molecule has 2 amide bonds. The number of carbonyl (C=O) groups is 1. The first-order chi connectivity index (χ1) is 15.3. The van der Waals surface area contributed by atoms with Gasteiger partial charge in [-0.05, 0) is 31.2 Å². The molecule has 11 heteroatoms. The van der Waals surface area contributed by atoms with Gasteiger partial charge in [0.1, 0.15) is 18.8 Å². The number of aliphatic hydroxyl groups is 1. The van der Waals surface area contributed by atoms with Crippen molar-refractivity contribution in [3.63, 3.8) is 0 Å². The molecule has 0 saturated carbocycles. The van der Waals surface area contributed by atoms with Crippen LogP contribution in [0.5, 0.6) is 0 Å². The Morgan fingerprint density at radius 2 is 2.09 bits per heavy atom. The van der Waals surface area contributed by atoms with E-state index in [1.807, 2.05) is 22.7 Å². The number of anilines is 1. The van der Waals surface area contributed by atoms with Gasteiger partial charge in [-0.2, -0.15) is 13.2 Å². The molecule has 0 aliphatic carbocycles. The summed E-state index contributed by atoms with van der Waals surface area (Å²) >= 11 is 0. The van der Waals surface area contributed by atoms with Gasteiger partial charge in [-0.3, -0.25) is 4.40 Å². The lowest BCUT2D eigenvalue weighted by molar-refractivity contribution is -0.122. The largest absolute Gasteiger partial charge is 0.405 e. The van der Waals surface area contributed by atoms with Crippen LogP contribution in [0.15, 0.2) is 53.9 Å². The van der Waals surface area contributed by atoms with E-state index < -0.39 is 18.8 Å². The number of aliphatic hydroxyl groups excluding tert-OH is 1. The van der Waals surface area contributed by atoms with Gasteiger partial charge in [0.15, 0.2) is 0 Å². The molecule has 0 saturated heterocycles. The lowest BCUT2D eigenvalue weighted by Crippen LogP contribution is -2.36. The number of pyridine rings is 1. The van der Waals surface area contributed by atoms with Gasteiger partial charge < -0.3 is 20.6 Å². The van der Waals surface area contributed by atoms with E-state index in [0.29, 0.717) is 30.1 Å². The van der Waals surface area contributed by atoms with Crippen molar-refractivity contribution in [2.75, 3.05) is 25.1 Å². The molecule has 2 aromatic heterocycles. The third kappa shape index (κ3) is 6.20. The average molecular weight is 449 g/mol. The van der Waals surface area contributed by atoms with Crippen molar-refractivity contribution >= 4 is 23.1 Å². The Hall–Kier alpha value is -3.60. The van der Waals surface area contributed by atoms with Gasteiger partial charge in [-0.25, -0.2) is 9.78 Å². The molecule has 0 fully saturated rings. The van der Waals surface area contributed by atoms with Crippen molar-refractivity contribution in [1.82, 2.24) is 14.7 Å². The first kappa shape index (κ1) is 23.1. The monoisotopic (exact) mass is 449 g/mol. The number of oxime groups is 1. The van der Waals surface area contributed by atoms with Crippen LogP contribution in [0.1, 0.15) is 18.9 Å². The summed E-state index contributed by atoms with van der Waals surface area (Å²) in [5.41, 5.74) is 3.93. The predicted octanol–water partition coefficient (Wildman–Crippen LogP) is 3.81. The van der Waals surface area contributed by atoms with Crippen LogP contribution in [0.3, 0.4) is 0 Å². The smallest absolute Gasteiger partial charge is 0.396 e. The van der Waals surface area contributed by atoms with Crippen LogP contribution in [-0.2, 0) is 4.84 Å². The number of benzene rings is 1. The molecule has 1 aromatic carbocycles. The van der Waals surface area contributed by atoms with Crippen LogP contribution in [0, 0.1) is 0 Å². The molecule has 0 radical (unpaired) electrons. The summed E-state index contributed by atoms with van der Waals surface area (Å²) in [6.07, 6.45) is -0.511. The van der Waals surface area contributed by atoms with Crippen molar-refractivity contribution in [3.8, 4) is 11.3 Å². The molecule has 3 N–H and O–H groups in total. The van der Waals surface area contributed by atoms with Crippen LogP contribution >= 0.6 is 0 Å². The molecule has 0 spiro atoms. The summed E-state index contributed by atoms with van der Waals surface area (Å²) < 4.78 is 38.6. The van der Waals surface area contributed by atoms with Gasteiger partial charge in [-0.1, -0.05) is 17.3 Å². The Morgan fingerprint density at radius 3 is 2.84 bits per heavy atom. The number of halogens is 3. The molecule has 0 atom stereocenters. The van der Waals surface area contributed by atoms with Crippen LogP contribution in [0.25, 0.3) is 16.9 Å². The van der Waals surface area contributed by atoms with E-state index in [4.69, 9.17) is 9.94 Å². The summed E-state index contributed by atoms with van der Waals surface area (Å²) in [5.74, 6) is 0. The van der Waals surface area contributed by atoms with E-state index in [0.717, 1.165) is 16.8 Å². The van der Waals surface area contributed by atoms with Crippen LogP contribution < -0.4 is 10.6 Å². The second kappa shape index (κ2) is 10.1. The lowest BCUT2D eigenvalue weighted by Gasteiger charge is -2.11. The third-order valence-corrected chi connectivity index (χ3v) is 4.39. The number of imidazole rings is 1. The fraction of sp³-hybridized carbons (Fsp3) is 0.286. The summed E-state index contributed by atoms with van der Waals surface area (Å²) in [5, 5.41) is 17.0. The van der Waals surface area contributed by atoms with Crippen molar-refractivity contribution in [3.05, 3.63) is 54.4 Å². The second-order valence-electron chi connectivity index (χ2n) is 6.88. The highest BCUT2D eigenvalue weighted by Crippen LogP contribution is 2.24. The molecular weight excluding hydrogens is 427 g/mol. The number of amides is 2. The van der Waals surface area contributed by atoms with E-state index >= 15 is 0 Å². The van der Waals surface area contributed by atoms with Crippen molar-refractivity contribution in [1.29, 1.82) is 0 Å². The van der Waals surface area contributed by atoms with Crippen molar-refractivity contribution < 1.29 is 27.9 Å². The fourth-order valence-corrected chi connectivity index (χ4v) is 2.86. The second-order valence-corrected chi connectivity index (χ2v) is 6.88. The summed E-state index contributed by atoms with van der Waals surface area (Å²) in [7, 11) is 0. The van der Waals surface area contributed by atoms with E-state index in [2.05, 4.69) is 15.5 Å². The topological polar surface area (TPSA) is 100 Å². The van der Waals surface area contributed by atoms with Gasteiger partial charge in [0.2, 0.25) is 0 Å². The predicted molar refractivity (Wildman–Crippen MR) is 114 cm³/mol. The number of fused-ring (bicyclic) bond motifs is 1. The van der Waals surface area contributed by atoms with Crippen molar-refractivity contribution in [2.45, 2.75) is 19.5 Å². The van der Waals surface area contributed by atoms with Gasteiger partial charge >= 0.3 is 12.2 Å². The molecule has 0 bridgehead atoms. The van der Waals surface area contributed by atoms with Gasteiger partial charge in [0.05, 0.1) is 17.6 Å². The Labute approximate surface area is 181 Å². The zero-order chi connectivity index (χ0) is 23.1. The Bertz CT molecular complexity index is 1110. The van der Waals surface area contributed by atoms with Gasteiger partial charge in [0.25, 0.3) is 0 Å². The van der Waals surface area contributed by atoms with Crippen LogP contribution in [0.2, 0.25) is 0 Å². The molecule has 0 unspecified atom stereocenters. The van der Waals surface area contributed by atoms with Gasteiger partial charge in [-0.15, -0.1) is 0 Å². The van der Waals surface area contributed by atoms with E-state index in [9.17, 15) is 18.0 Å². The summed E-state index contributed by atoms with van der Waals surface area (Å²) in [6, 6.07) is 9.45. The molecule has 8 nitrogen and oxygen atoms in total. The minimum atomic E-state index is -4.48. The highest BCUT2D eigenvalue weighted by molar-refractivity contribution is 5.99. The maximum atomic E-state index is 12.2. The average Bonchev–Trinajstić information content (AvgIpc) is 3.18. The number of hydrogen-bond acceptors (Lipinski definition) is 5. The molecule has 0 aliphatic heterocycles. The maximum absolute atomic E-state index is 12.2. The number of hydrogen-bond donors (Lipinski definition) is 3. The van der Waals surface area contributed by atoms with E-state index in [1.165, 1.54) is 0 Å². The number of aromatic nitrogens is 2. The Morgan fingerprint density at radius 1 is 1.28 bits per heavy atom. The van der Waals surface area contributed by atoms with Crippen molar-refractivity contribution in [2.24, 2.45) is 5.16 Å². The number of rotatable bonds is 8. The highest BCUT2D eigenvalue weighted by Gasteiger charge is 2.27. The van der Waals surface area contributed by atoms with Crippen LogP contribution in [-0.4, -0.2) is 52.2 Å². The molecule has 32 heavy (non-hydrogen) atoms. The minimum absolute atomic E-state index is 0.0341. The molecule has 3 rings (SSSR count). The molecule has 2 heterocycles. The summed E-state index contributed by atoms with van der Waals surface area (Å²) in [4.78, 5) is 21.3. The first-order valence-electron chi connectivity index (χ1n) is 9.74. The number of alkyl halides is 3. The normalized spacial score (nSPS) is 12.1. The fourth-order valence-electron chi connectivity index (χ4n) is 2.86. The zero-order valence-corrected chi connectivity index (χ0v) is 17.2. The summed E-state index contributed by atoms with van der Waals surface area (Å²) in [6.45, 7) is 0.742. The number of nitrogens with zero attached hydrogens (tertiary/aromatic N) is 3. The lowest BCUT2D eigenvalue weighted by atomic mass is 10.1. The third-order valence-electron chi connectivity index (χ3n) is 4.39. The number of urea groups is 1. The van der Waals surface area contributed by atoms with E-state index in [-0.39, 0.29) is 6.61 Å². The highest BCUT2D eigenvalue weighted by atomic mass is 19.4. The van der Waals surface area contributed by atoms with Gasteiger partial charge in [0, 0.05) is 36.0 Å². The quantitative estimate of drug-likeness (QED) is 0.277. The Balaban J connectivity index is 1.76. The zero-order valence-electron chi connectivity index (χ0n) is 17.2. The molecular formula is C21H22F3N5O3. The molecule has 170 valence electrons. The number of carbonyl (C=O) groups excluding carboxylic acids is 1. The standard InChI is InChI=1S/C21H22F3N5O3/c1-14(28-32-9-3-8-30)15-6-7-29-18(12-25-19(29)11-15)16-4-2-5-17(10-16)27-20(31)26-13-21(22,23)24/h2,4-7,10-12,30H,3,8-9,13H2,1H3,(H2,26,27,31). The minimum Gasteiger partial charge on any atom is -0.396 e. The molecule has 0 aliphatic rings. The molecule has 3 aromatic rings. The first-order valence-corrected chi connectivity index (χ1v) is 9.74. The maximum Gasteiger partial charge on any atom is 0.405 e. The van der Waals surface area contributed by atoms with E-state index in [1.54, 1.807) is 42.7 Å². The SMILES string of the molecule is CC(=NOCCCO)c1ccn2c(-c3cccc(NC(=O)NCC(F)(F)F)c3)cnc2c1. The van der Waals surface area contributed by atoms with Crippen LogP contribution in [0.4, 0.5) is 23.7 Å². The number of nitrogens with one attached hydrogen (secondary N) is 2. The Kier molecular flexibility index (Phi) is 7.31.